The Morgan fingerprint density at radius 1 is 1.36 bits per heavy atom. The standard InChI is InChI=1S/C7H5NO6/c9-5-2-3(7(11)12)1-4(6(5)10)8(13)14/h1-2,9-10H,(H,11,12). The number of hydrogen-bond donors (Lipinski definition) is 3. The van der Waals surface area contributed by atoms with E-state index >= 15 is 0 Å². The lowest BCUT2D eigenvalue weighted by Gasteiger charge is -2.00. The number of rotatable bonds is 2. The molecule has 0 fully saturated rings. The van der Waals surface area contributed by atoms with Gasteiger partial charge >= 0.3 is 11.7 Å². The van der Waals surface area contributed by atoms with Gasteiger partial charge in [-0.3, -0.25) is 10.1 Å². The molecular formula is C7H5NO6. The summed E-state index contributed by atoms with van der Waals surface area (Å²) in [5, 5.41) is 36.7. The molecule has 0 spiro atoms. The van der Waals surface area contributed by atoms with Gasteiger partial charge in [0.2, 0.25) is 5.75 Å². The fourth-order valence-corrected chi connectivity index (χ4v) is 0.867. The second-order valence-corrected chi connectivity index (χ2v) is 2.43. The van der Waals surface area contributed by atoms with Crippen LogP contribution in [-0.4, -0.2) is 26.2 Å². The number of nitrogens with zero attached hydrogens (tertiary/aromatic N) is 1. The molecule has 7 nitrogen and oxygen atoms in total. The first-order valence-corrected chi connectivity index (χ1v) is 3.37. The first kappa shape index (κ1) is 9.78. The predicted molar refractivity (Wildman–Crippen MR) is 43.4 cm³/mol. The zero-order chi connectivity index (χ0) is 10.9. The van der Waals surface area contributed by atoms with Crippen LogP contribution in [0.15, 0.2) is 12.1 Å². The minimum Gasteiger partial charge on any atom is -0.504 e. The number of nitro benzene ring substituents is 1. The van der Waals surface area contributed by atoms with Crippen molar-refractivity contribution in [3.8, 4) is 11.5 Å². The summed E-state index contributed by atoms with van der Waals surface area (Å²) in [5.74, 6) is -3.21. The fraction of sp³-hybridized carbons (Fsp3) is 0. The molecule has 0 aliphatic carbocycles. The monoisotopic (exact) mass is 199 g/mol. The Morgan fingerprint density at radius 2 is 1.93 bits per heavy atom. The third-order valence-corrected chi connectivity index (χ3v) is 1.51. The molecule has 1 aromatic carbocycles. The minimum absolute atomic E-state index is 0.466. The number of carboxylic acids is 1. The predicted octanol–water partition coefficient (Wildman–Crippen LogP) is 0.704. The summed E-state index contributed by atoms with van der Waals surface area (Å²) in [5.41, 5.74) is -1.31. The minimum atomic E-state index is -1.43. The molecule has 1 rings (SSSR count). The fourth-order valence-electron chi connectivity index (χ4n) is 0.867. The first-order chi connectivity index (χ1) is 6.43. The Labute approximate surface area is 77.0 Å². The Morgan fingerprint density at radius 3 is 2.36 bits per heavy atom. The average Bonchev–Trinajstić information content (AvgIpc) is 2.08. The van der Waals surface area contributed by atoms with Crippen LogP contribution < -0.4 is 0 Å². The summed E-state index contributed by atoms with van der Waals surface area (Å²) in [7, 11) is 0. The van der Waals surface area contributed by atoms with Gasteiger partial charge in [-0.25, -0.2) is 4.79 Å². The van der Waals surface area contributed by atoms with Crippen LogP contribution in [0.4, 0.5) is 5.69 Å². The molecule has 0 atom stereocenters. The number of phenolic OH excluding ortho intramolecular Hbond substituents is 2. The van der Waals surface area contributed by atoms with Gasteiger partial charge in [-0.2, -0.15) is 0 Å². The van der Waals surface area contributed by atoms with Crippen molar-refractivity contribution in [2.45, 2.75) is 0 Å². The topological polar surface area (TPSA) is 121 Å². The van der Waals surface area contributed by atoms with E-state index in [0.29, 0.717) is 6.07 Å². The van der Waals surface area contributed by atoms with Crippen LogP contribution in [0.2, 0.25) is 0 Å². The van der Waals surface area contributed by atoms with Crippen molar-refractivity contribution >= 4 is 11.7 Å². The highest BCUT2D eigenvalue weighted by atomic mass is 16.6. The second-order valence-electron chi connectivity index (χ2n) is 2.43. The summed E-state index contributed by atoms with van der Waals surface area (Å²) in [4.78, 5) is 19.7. The molecule has 0 saturated carbocycles. The van der Waals surface area contributed by atoms with E-state index in [2.05, 4.69) is 0 Å². The van der Waals surface area contributed by atoms with Gasteiger partial charge < -0.3 is 15.3 Å². The van der Waals surface area contributed by atoms with E-state index in [0.717, 1.165) is 6.07 Å². The summed E-state index contributed by atoms with van der Waals surface area (Å²) in [6, 6.07) is 1.39. The lowest BCUT2D eigenvalue weighted by molar-refractivity contribution is -0.386. The van der Waals surface area contributed by atoms with Crippen molar-refractivity contribution in [2.75, 3.05) is 0 Å². The molecule has 0 aromatic heterocycles. The molecule has 0 amide bonds. The Balaban J connectivity index is 3.43. The summed E-state index contributed by atoms with van der Waals surface area (Å²) < 4.78 is 0. The van der Waals surface area contributed by atoms with Gasteiger partial charge in [0.15, 0.2) is 5.75 Å². The van der Waals surface area contributed by atoms with E-state index in [1.807, 2.05) is 0 Å². The van der Waals surface area contributed by atoms with Gasteiger partial charge in [0.25, 0.3) is 0 Å². The molecule has 1 aromatic rings. The zero-order valence-corrected chi connectivity index (χ0v) is 6.67. The van der Waals surface area contributed by atoms with Gasteiger partial charge in [0.1, 0.15) is 0 Å². The van der Waals surface area contributed by atoms with Crippen LogP contribution in [0.3, 0.4) is 0 Å². The Kier molecular flexibility index (Phi) is 2.24. The van der Waals surface area contributed by atoms with E-state index in [1.54, 1.807) is 0 Å². The molecule has 7 heteroatoms. The second kappa shape index (κ2) is 3.21. The number of carboxylic acid groups (broad SMARTS) is 1. The molecular weight excluding hydrogens is 194 g/mol. The van der Waals surface area contributed by atoms with E-state index in [-0.39, 0.29) is 0 Å². The largest absolute Gasteiger partial charge is 0.504 e. The highest BCUT2D eigenvalue weighted by Crippen LogP contribution is 2.35. The quantitative estimate of drug-likeness (QED) is 0.366. The normalized spacial score (nSPS) is 9.71. The lowest BCUT2D eigenvalue weighted by Crippen LogP contribution is -1.98. The van der Waals surface area contributed by atoms with Crippen LogP contribution in [0.5, 0.6) is 11.5 Å². The third-order valence-electron chi connectivity index (χ3n) is 1.51. The van der Waals surface area contributed by atoms with Crippen LogP contribution in [0.25, 0.3) is 0 Å². The smallest absolute Gasteiger partial charge is 0.336 e. The molecule has 0 bridgehead atoms. The molecule has 0 saturated heterocycles. The number of benzene rings is 1. The van der Waals surface area contributed by atoms with Gasteiger partial charge in [0, 0.05) is 6.07 Å². The summed E-state index contributed by atoms with van der Waals surface area (Å²) in [6.45, 7) is 0. The first-order valence-electron chi connectivity index (χ1n) is 3.37. The molecule has 0 aliphatic heterocycles. The highest BCUT2D eigenvalue weighted by Gasteiger charge is 2.20. The van der Waals surface area contributed by atoms with Gasteiger partial charge in [-0.1, -0.05) is 0 Å². The molecule has 0 radical (unpaired) electrons. The van der Waals surface area contributed by atoms with Crippen LogP contribution in [0.1, 0.15) is 10.4 Å². The van der Waals surface area contributed by atoms with Crippen LogP contribution >= 0.6 is 0 Å². The SMILES string of the molecule is O=C(O)c1cc(O)c(O)c([N+](=O)[O-])c1. The maximum atomic E-state index is 10.4. The lowest BCUT2D eigenvalue weighted by atomic mass is 10.1. The number of nitro groups is 1. The van der Waals surface area contributed by atoms with E-state index in [1.165, 1.54) is 0 Å². The Bertz CT molecular complexity index is 413. The molecule has 0 aliphatic rings. The van der Waals surface area contributed by atoms with E-state index in [9.17, 15) is 14.9 Å². The number of phenols is 2. The van der Waals surface area contributed by atoms with Crippen molar-refractivity contribution in [3.63, 3.8) is 0 Å². The molecule has 14 heavy (non-hydrogen) atoms. The summed E-state index contributed by atoms with van der Waals surface area (Å²) >= 11 is 0. The van der Waals surface area contributed by atoms with E-state index < -0.39 is 33.6 Å². The molecule has 3 N–H and O–H groups in total. The average molecular weight is 199 g/mol. The van der Waals surface area contributed by atoms with Crippen molar-refractivity contribution in [3.05, 3.63) is 27.8 Å². The van der Waals surface area contributed by atoms with Gasteiger partial charge in [-0.15, -0.1) is 0 Å². The van der Waals surface area contributed by atoms with Crippen molar-refractivity contribution in [1.82, 2.24) is 0 Å². The highest BCUT2D eigenvalue weighted by molar-refractivity contribution is 5.89. The number of carbonyl (C=O) groups is 1. The maximum absolute atomic E-state index is 10.4. The van der Waals surface area contributed by atoms with Crippen molar-refractivity contribution in [1.29, 1.82) is 0 Å². The number of aromatic carboxylic acids is 1. The molecule has 0 unspecified atom stereocenters. The number of aromatic hydroxyl groups is 2. The van der Waals surface area contributed by atoms with Crippen molar-refractivity contribution in [2.24, 2.45) is 0 Å². The van der Waals surface area contributed by atoms with Crippen LogP contribution in [0, 0.1) is 10.1 Å². The third kappa shape index (κ3) is 1.56. The zero-order valence-electron chi connectivity index (χ0n) is 6.67. The van der Waals surface area contributed by atoms with Gasteiger partial charge in [-0.05, 0) is 6.07 Å². The Hall–Kier alpha value is -2.31. The molecule has 74 valence electrons. The van der Waals surface area contributed by atoms with Gasteiger partial charge in [0.05, 0.1) is 10.5 Å². The summed E-state index contributed by atoms with van der Waals surface area (Å²) in [6.07, 6.45) is 0. The van der Waals surface area contributed by atoms with Crippen molar-refractivity contribution < 1.29 is 25.0 Å². The number of hydrogen-bond acceptors (Lipinski definition) is 5. The van der Waals surface area contributed by atoms with E-state index in [4.69, 9.17) is 15.3 Å². The maximum Gasteiger partial charge on any atom is 0.336 e. The molecule has 0 heterocycles. The van der Waals surface area contributed by atoms with Crippen LogP contribution in [-0.2, 0) is 0 Å².